The Morgan fingerprint density at radius 1 is 0.913 bits per heavy atom. The first-order chi connectivity index (χ1) is 11.1. The van der Waals surface area contributed by atoms with Gasteiger partial charge in [0.2, 0.25) is 6.29 Å². The van der Waals surface area contributed by atoms with E-state index < -0.39 is 0 Å². The minimum Gasteiger partial charge on any atom is -0.436 e. The second kappa shape index (κ2) is 5.21. The summed E-state index contributed by atoms with van der Waals surface area (Å²) in [7, 11) is 0. The van der Waals surface area contributed by atoms with Gasteiger partial charge in [0.1, 0.15) is 0 Å². The summed E-state index contributed by atoms with van der Waals surface area (Å²) >= 11 is 0. The van der Waals surface area contributed by atoms with Gasteiger partial charge in [-0.3, -0.25) is 4.79 Å². The molecule has 0 amide bonds. The Labute approximate surface area is 139 Å². The third kappa shape index (κ3) is 2.54. The maximum atomic E-state index is 12.5. The van der Waals surface area contributed by atoms with Gasteiger partial charge in [-0.05, 0) is 94.3 Å². The molecule has 0 N–H and O–H groups in total. The maximum absolute atomic E-state index is 12.5. The molecule has 0 aromatic carbocycles. The molecule has 6 rings (SSSR count). The number of ether oxygens (including phenoxy) is 2. The van der Waals surface area contributed by atoms with Gasteiger partial charge in [0.05, 0.1) is 11.5 Å². The molecule has 0 spiro atoms. The van der Waals surface area contributed by atoms with E-state index in [9.17, 15) is 4.79 Å². The maximum Gasteiger partial charge on any atom is 0.311 e. The SMILES string of the molecule is CC(OC(=O)C1CC2CCC1C2)OC12CC3CC(CC(C3)C1)C2. The molecular weight excluding hydrogens is 288 g/mol. The Hall–Kier alpha value is -0.570. The third-order valence-corrected chi connectivity index (χ3v) is 7.72. The van der Waals surface area contributed by atoms with Crippen LogP contribution in [0.2, 0.25) is 0 Å². The van der Waals surface area contributed by atoms with E-state index in [2.05, 4.69) is 0 Å². The number of esters is 1. The van der Waals surface area contributed by atoms with Crippen molar-refractivity contribution in [3.8, 4) is 0 Å². The second-order valence-electron chi connectivity index (χ2n) is 9.50. The molecule has 6 bridgehead atoms. The summed E-state index contributed by atoms with van der Waals surface area (Å²) in [4.78, 5) is 12.5. The molecule has 0 radical (unpaired) electrons. The van der Waals surface area contributed by atoms with Gasteiger partial charge >= 0.3 is 5.97 Å². The van der Waals surface area contributed by atoms with Crippen molar-refractivity contribution in [2.24, 2.45) is 35.5 Å². The van der Waals surface area contributed by atoms with Crippen LogP contribution in [0, 0.1) is 35.5 Å². The molecule has 6 saturated carbocycles. The quantitative estimate of drug-likeness (QED) is 0.573. The van der Waals surface area contributed by atoms with Gasteiger partial charge in [-0.15, -0.1) is 0 Å². The first-order valence-electron chi connectivity index (χ1n) is 9.97. The van der Waals surface area contributed by atoms with Gasteiger partial charge < -0.3 is 9.47 Å². The first kappa shape index (κ1) is 14.7. The van der Waals surface area contributed by atoms with Crippen molar-refractivity contribution in [3.63, 3.8) is 0 Å². The average Bonchev–Trinajstić information content (AvgIpc) is 3.07. The minimum atomic E-state index is -0.363. The Kier molecular flexibility index (Phi) is 3.34. The highest BCUT2D eigenvalue weighted by atomic mass is 16.7. The molecule has 23 heavy (non-hydrogen) atoms. The zero-order valence-electron chi connectivity index (χ0n) is 14.3. The number of carbonyl (C=O) groups excluding carboxylic acids is 1. The summed E-state index contributed by atoms with van der Waals surface area (Å²) < 4.78 is 12.2. The van der Waals surface area contributed by atoms with Crippen LogP contribution in [-0.4, -0.2) is 17.9 Å². The molecular formula is C20H30O3. The van der Waals surface area contributed by atoms with E-state index in [1.807, 2.05) is 6.92 Å². The van der Waals surface area contributed by atoms with Crippen molar-refractivity contribution < 1.29 is 14.3 Å². The number of carbonyl (C=O) groups is 1. The van der Waals surface area contributed by atoms with Crippen LogP contribution in [0.25, 0.3) is 0 Å². The summed E-state index contributed by atoms with van der Waals surface area (Å²) in [5, 5.41) is 0. The highest BCUT2D eigenvalue weighted by Gasteiger charge is 2.53. The molecule has 6 aliphatic carbocycles. The second-order valence-corrected chi connectivity index (χ2v) is 9.50. The molecule has 3 nitrogen and oxygen atoms in total. The number of fused-ring (bicyclic) bond motifs is 2. The molecule has 4 atom stereocenters. The van der Waals surface area contributed by atoms with E-state index in [1.165, 1.54) is 57.8 Å². The minimum absolute atomic E-state index is 0.0226. The molecule has 0 heterocycles. The van der Waals surface area contributed by atoms with Crippen molar-refractivity contribution in [2.75, 3.05) is 0 Å². The van der Waals surface area contributed by atoms with Gasteiger partial charge in [-0.25, -0.2) is 0 Å². The Bertz CT molecular complexity index is 464. The standard InChI is InChI=1S/C20H30O3/c1-12(22-19(21)18-8-13-2-3-17(18)7-13)23-20-9-14-4-15(10-20)6-16(5-14)11-20/h12-18H,2-11H2,1H3. The Morgan fingerprint density at radius 3 is 2.09 bits per heavy atom. The van der Waals surface area contributed by atoms with Gasteiger partial charge in [-0.1, -0.05) is 6.42 Å². The monoisotopic (exact) mass is 318 g/mol. The predicted molar refractivity (Wildman–Crippen MR) is 86.5 cm³/mol. The van der Waals surface area contributed by atoms with Crippen molar-refractivity contribution in [3.05, 3.63) is 0 Å². The van der Waals surface area contributed by atoms with Gasteiger partial charge in [0, 0.05) is 0 Å². The van der Waals surface area contributed by atoms with E-state index in [-0.39, 0.29) is 23.8 Å². The van der Waals surface area contributed by atoms with Crippen molar-refractivity contribution in [1.29, 1.82) is 0 Å². The molecule has 0 aromatic heterocycles. The van der Waals surface area contributed by atoms with Crippen LogP contribution in [0.3, 0.4) is 0 Å². The number of rotatable bonds is 4. The van der Waals surface area contributed by atoms with E-state index in [0.717, 1.165) is 30.1 Å². The lowest BCUT2D eigenvalue weighted by molar-refractivity contribution is -0.247. The summed E-state index contributed by atoms with van der Waals surface area (Å²) in [6.07, 6.45) is 12.4. The van der Waals surface area contributed by atoms with E-state index >= 15 is 0 Å². The lowest BCUT2D eigenvalue weighted by atomic mass is 9.54. The summed E-state index contributed by atoms with van der Waals surface area (Å²) in [6, 6.07) is 0. The molecule has 0 saturated heterocycles. The van der Waals surface area contributed by atoms with E-state index in [0.29, 0.717) is 5.92 Å². The molecule has 3 heteroatoms. The van der Waals surface area contributed by atoms with Crippen LogP contribution in [0.5, 0.6) is 0 Å². The third-order valence-electron chi connectivity index (χ3n) is 7.72. The molecule has 128 valence electrons. The summed E-state index contributed by atoms with van der Waals surface area (Å²) in [5.41, 5.74) is 0.0309. The predicted octanol–water partition coefficient (Wildman–Crippen LogP) is 4.30. The molecule has 4 unspecified atom stereocenters. The van der Waals surface area contributed by atoms with Crippen LogP contribution in [-0.2, 0) is 14.3 Å². The van der Waals surface area contributed by atoms with Crippen molar-refractivity contribution >= 4 is 5.97 Å². The first-order valence-corrected chi connectivity index (χ1v) is 9.97. The number of hydrogen-bond acceptors (Lipinski definition) is 3. The Balaban J connectivity index is 1.20. The Morgan fingerprint density at radius 2 is 1.57 bits per heavy atom. The molecule has 6 fully saturated rings. The normalized spacial score (nSPS) is 51.2. The van der Waals surface area contributed by atoms with Gasteiger partial charge in [0.15, 0.2) is 0 Å². The van der Waals surface area contributed by atoms with Crippen LogP contribution < -0.4 is 0 Å². The molecule has 0 aliphatic heterocycles. The summed E-state index contributed by atoms with van der Waals surface area (Å²) in [5.74, 6) is 4.18. The molecule has 0 aromatic rings. The van der Waals surface area contributed by atoms with Crippen LogP contribution >= 0.6 is 0 Å². The summed E-state index contributed by atoms with van der Waals surface area (Å²) in [6.45, 7) is 1.95. The highest BCUT2D eigenvalue weighted by molar-refractivity contribution is 5.73. The largest absolute Gasteiger partial charge is 0.436 e. The average molecular weight is 318 g/mol. The topological polar surface area (TPSA) is 35.5 Å². The lowest BCUT2D eigenvalue weighted by Gasteiger charge is -2.56. The fraction of sp³-hybridized carbons (Fsp3) is 0.950. The van der Waals surface area contributed by atoms with Crippen LogP contribution in [0.4, 0.5) is 0 Å². The smallest absolute Gasteiger partial charge is 0.311 e. The lowest BCUT2D eigenvalue weighted by Crippen LogP contribution is -2.53. The van der Waals surface area contributed by atoms with Crippen LogP contribution in [0.1, 0.15) is 71.1 Å². The molecule has 6 aliphatic rings. The van der Waals surface area contributed by atoms with E-state index in [4.69, 9.17) is 9.47 Å². The van der Waals surface area contributed by atoms with E-state index in [1.54, 1.807) is 0 Å². The fourth-order valence-corrected chi connectivity index (χ4v) is 7.34. The van der Waals surface area contributed by atoms with Crippen molar-refractivity contribution in [2.45, 2.75) is 83.0 Å². The number of hydrogen-bond donors (Lipinski definition) is 0. The zero-order valence-corrected chi connectivity index (χ0v) is 14.3. The fourth-order valence-electron chi connectivity index (χ4n) is 7.34. The van der Waals surface area contributed by atoms with Crippen LogP contribution in [0.15, 0.2) is 0 Å². The van der Waals surface area contributed by atoms with Gasteiger partial charge in [-0.2, -0.15) is 0 Å². The highest BCUT2D eigenvalue weighted by Crippen LogP contribution is 2.57. The zero-order chi connectivity index (χ0) is 15.6. The van der Waals surface area contributed by atoms with Crippen molar-refractivity contribution in [1.82, 2.24) is 0 Å². The van der Waals surface area contributed by atoms with Gasteiger partial charge in [0.25, 0.3) is 0 Å².